The number of alkyl halides is 3. The molecule has 2 rings (SSSR count). The Kier molecular flexibility index (Phi) is 3.70. The molecule has 0 amide bonds. The van der Waals surface area contributed by atoms with Crippen LogP contribution < -0.4 is 10.6 Å². The maximum atomic E-state index is 12.5. The highest BCUT2D eigenvalue weighted by atomic mass is 32.2. The van der Waals surface area contributed by atoms with Gasteiger partial charge in [-0.3, -0.25) is 0 Å². The van der Waals surface area contributed by atoms with Crippen LogP contribution in [0.5, 0.6) is 0 Å². The SMILES string of the molecule is CCCNC1=NSc2cc(C(F)(F)F)ccc2N1. The van der Waals surface area contributed by atoms with Crippen LogP contribution in [0.1, 0.15) is 18.9 Å². The van der Waals surface area contributed by atoms with E-state index in [4.69, 9.17) is 0 Å². The molecule has 98 valence electrons. The molecule has 1 heterocycles. The van der Waals surface area contributed by atoms with Crippen LogP contribution in [0, 0.1) is 0 Å². The van der Waals surface area contributed by atoms with Gasteiger partial charge in [-0.2, -0.15) is 17.6 Å². The second-order valence-electron chi connectivity index (χ2n) is 3.79. The number of guanidine groups is 1. The molecule has 1 aromatic rings. The lowest BCUT2D eigenvalue weighted by Gasteiger charge is -2.19. The van der Waals surface area contributed by atoms with E-state index in [-0.39, 0.29) is 0 Å². The monoisotopic (exact) mass is 275 g/mol. The molecule has 2 N–H and O–H groups in total. The van der Waals surface area contributed by atoms with Gasteiger partial charge in [-0.15, -0.1) is 0 Å². The van der Waals surface area contributed by atoms with Gasteiger partial charge in [-0.1, -0.05) is 6.92 Å². The van der Waals surface area contributed by atoms with Crippen LogP contribution in [0.25, 0.3) is 0 Å². The maximum Gasteiger partial charge on any atom is 0.416 e. The first-order valence-corrected chi connectivity index (χ1v) is 6.25. The quantitative estimate of drug-likeness (QED) is 0.811. The summed E-state index contributed by atoms with van der Waals surface area (Å²) in [6.45, 7) is 2.79. The predicted molar refractivity (Wildman–Crippen MR) is 66.7 cm³/mol. The van der Waals surface area contributed by atoms with E-state index in [1.54, 1.807) is 0 Å². The number of rotatable bonds is 2. The number of fused-ring (bicyclic) bond motifs is 1. The Balaban J connectivity index is 2.15. The highest BCUT2D eigenvalue weighted by Gasteiger charge is 2.31. The summed E-state index contributed by atoms with van der Waals surface area (Å²) in [6.07, 6.45) is -3.37. The van der Waals surface area contributed by atoms with E-state index in [1.165, 1.54) is 6.07 Å². The molecule has 0 saturated carbocycles. The Hall–Kier alpha value is -1.37. The molecule has 0 radical (unpaired) electrons. The van der Waals surface area contributed by atoms with Crippen molar-refractivity contribution in [2.75, 3.05) is 11.9 Å². The molecule has 1 aliphatic rings. The Morgan fingerprint density at radius 1 is 1.39 bits per heavy atom. The van der Waals surface area contributed by atoms with E-state index in [1.807, 2.05) is 6.92 Å². The highest BCUT2D eigenvalue weighted by Crippen LogP contribution is 2.37. The van der Waals surface area contributed by atoms with Crippen molar-refractivity contribution in [3.63, 3.8) is 0 Å². The van der Waals surface area contributed by atoms with E-state index >= 15 is 0 Å². The van der Waals surface area contributed by atoms with E-state index in [9.17, 15) is 13.2 Å². The molecule has 0 fully saturated rings. The van der Waals surface area contributed by atoms with E-state index in [2.05, 4.69) is 15.0 Å². The summed E-state index contributed by atoms with van der Waals surface area (Å²) in [7, 11) is 0. The lowest BCUT2D eigenvalue weighted by Crippen LogP contribution is -2.32. The standard InChI is InChI=1S/C11H12F3N3S/c1-2-5-15-10-16-8-4-3-7(11(12,13)14)6-9(8)18-17-10/h3-4,6H,2,5H2,1H3,(H2,15,16,17). The van der Waals surface area contributed by atoms with Gasteiger partial charge in [0.15, 0.2) is 0 Å². The van der Waals surface area contributed by atoms with Gasteiger partial charge in [0, 0.05) is 18.5 Å². The van der Waals surface area contributed by atoms with Gasteiger partial charge in [0.1, 0.15) is 0 Å². The summed E-state index contributed by atoms with van der Waals surface area (Å²) < 4.78 is 41.6. The molecule has 1 aliphatic heterocycles. The minimum absolute atomic E-state index is 0.479. The molecule has 0 unspecified atom stereocenters. The van der Waals surface area contributed by atoms with Crippen molar-refractivity contribution in [2.24, 2.45) is 4.40 Å². The Labute approximate surface area is 107 Å². The van der Waals surface area contributed by atoms with Crippen molar-refractivity contribution in [3.05, 3.63) is 23.8 Å². The van der Waals surface area contributed by atoms with E-state index in [0.29, 0.717) is 16.5 Å². The zero-order valence-electron chi connectivity index (χ0n) is 9.64. The molecule has 0 aliphatic carbocycles. The van der Waals surface area contributed by atoms with Crippen molar-refractivity contribution in [3.8, 4) is 0 Å². The number of benzene rings is 1. The molecule has 0 aromatic heterocycles. The summed E-state index contributed by atoms with van der Waals surface area (Å²) in [5.74, 6) is 0.578. The largest absolute Gasteiger partial charge is 0.416 e. The van der Waals surface area contributed by atoms with E-state index in [0.717, 1.165) is 37.0 Å². The van der Waals surface area contributed by atoms with Crippen LogP contribution in [0.4, 0.5) is 18.9 Å². The topological polar surface area (TPSA) is 36.4 Å². The Bertz CT molecular complexity index is 471. The Morgan fingerprint density at radius 3 is 2.83 bits per heavy atom. The Morgan fingerprint density at radius 2 is 2.17 bits per heavy atom. The summed E-state index contributed by atoms with van der Waals surface area (Å²) in [5, 5.41) is 6.01. The number of halogens is 3. The molecule has 7 heteroatoms. The number of nitrogens with zero attached hydrogens (tertiary/aromatic N) is 1. The van der Waals surface area contributed by atoms with Gasteiger partial charge in [0.05, 0.1) is 16.1 Å². The first-order valence-electron chi connectivity index (χ1n) is 5.48. The lowest BCUT2D eigenvalue weighted by atomic mass is 10.2. The smallest absolute Gasteiger partial charge is 0.355 e. The molecule has 3 nitrogen and oxygen atoms in total. The summed E-state index contributed by atoms with van der Waals surface area (Å²) in [4.78, 5) is 0.479. The molecule has 0 saturated heterocycles. The van der Waals surface area contributed by atoms with E-state index < -0.39 is 11.7 Å². The van der Waals surface area contributed by atoms with Crippen molar-refractivity contribution in [1.82, 2.24) is 5.32 Å². The van der Waals surface area contributed by atoms with Gasteiger partial charge >= 0.3 is 6.18 Å². The van der Waals surface area contributed by atoms with Crippen molar-refractivity contribution in [2.45, 2.75) is 24.4 Å². The minimum Gasteiger partial charge on any atom is -0.355 e. The third-order valence-corrected chi connectivity index (χ3v) is 3.15. The van der Waals surface area contributed by atoms with Crippen molar-refractivity contribution >= 4 is 23.6 Å². The van der Waals surface area contributed by atoms with Gasteiger partial charge in [-0.05, 0) is 24.6 Å². The van der Waals surface area contributed by atoms with Gasteiger partial charge < -0.3 is 10.6 Å². The van der Waals surface area contributed by atoms with Gasteiger partial charge in [0.25, 0.3) is 0 Å². The summed E-state index contributed by atoms with van der Waals surface area (Å²) >= 11 is 1.04. The number of anilines is 1. The first-order chi connectivity index (χ1) is 8.50. The molecule has 0 atom stereocenters. The number of hydrogen-bond acceptors (Lipinski definition) is 4. The molecule has 0 spiro atoms. The fraction of sp³-hybridized carbons (Fsp3) is 0.364. The van der Waals surface area contributed by atoms with Gasteiger partial charge in [0.2, 0.25) is 5.96 Å². The zero-order valence-corrected chi connectivity index (χ0v) is 10.5. The second kappa shape index (κ2) is 5.09. The summed E-state index contributed by atoms with van der Waals surface area (Å²) in [6, 6.07) is 3.59. The van der Waals surface area contributed by atoms with Crippen LogP contribution in [-0.2, 0) is 6.18 Å². The predicted octanol–water partition coefficient (Wildman–Crippen LogP) is 3.49. The molecular formula is C11H12F3N3S. The number of nitrogens with one attached hydrogen (secondary N) is 2. The fourth-order valence-corrected chi connectivity index (χ4v) is 2.14. The van der Waals surface area contributed by atoms with Crippen LogP contribution in [0.2, 0.25) is 0 Å². The lowest BCUT2D eigenvalue weighted by molar-refractivity contribution is -0.137. The first kappa shape index (κ1) is 13.1. The third kappa shape index (κ3) is 2.90. The molecular weight excluding hydrogens is 263 g/mol. The fourth-order valence-electron chi connectivity index (χ4n) is 1.44. The maximum absolute atomic E-state index is 12.5. The molecule has 1 aromatic carbocycles. The zero-order chi connectivity index (χ0) is 13.2. The summed E-state index contributed by atoms with van der Waals surface area (Å²) in [5.41, 5.74) is -0.0164. The normalized spacial score (nSPS) is 14.6. The molecule has 0 bridgehead atoms. The van der Waals surface area contributed by atoms with Gasteiger partial charge in [-0.25, -0.2) is 0 Å². The highest BCUT2D eigenvalue weighted by molar-refractivity contribution is 7.98. The van der Waals surface area contributed by atoms with Crippen molar-refractivity contribution < 1.29 is 13.2 Å². The van der Waals surface area contributed by atoms with Crippen LogP contribution in [0.15, 0.2) is 27.5 Å². The average molecular weight is 275 g/mol. The van der Waals surface area contributed by atoms with Crippen molar-refractivity contribution in [1.29, 1.82) is 0 Å². The number of hydrogen-bond donors (Lipinski definition) is 2. The average Bonchev–Trinajstić information content (AvgIpc) is 2.34. The second-order valence-corrected chi connectivity index (χ2v) is 4.60. The van der Waals surface area contributed by atoms with Crippen LogP contribution >= 0.6 is 11.9 Å². The molecule has 18 heavy (non-hydrogen) atoms. The third-order valence-electron chi connectivity index (χ3n) is 2.34. The minimum atomic E-state index is -4.32. The van der Waals surface area contributed by atoms with Crippen LogP contribution in [-0.4, -0.2) is 12.5 Å². The van der Waals surface area contributed by atoms with Crippen LogP contribution in [0.3, 0.4) is 0 Å².